The largest absolute Gasteiger partial charge is 0.414 e. The molecule has 3 rings (SSSR count). The van der Waals surface area contributed by atoms with Crippen LogP contribution < -0.4 is 16.6 Å². The van der Waals surface area contributed by atoms with E-state index in [1.807, 2.05) is 47.0 Å². The van der Waals surface area contributed by atoms with Gasteiger partial charge in [-0.15, -0.1) is 0 Å². The Morgan fingerprint density at radius 1 is 1.07 bits per heavy atom. The molecule has 4 atom stereocenters. The minimum Gasteiger partial charge on any atom is -0.414 e. The lowest BCUT2D eigenvalue weighted by molar-refractivity contribution is -0.119. The molecule has 15 heteroatoms. The lowest BCUT2D eigenvalue weighted by Crippen LogP contribution is -2.60. The Morgan fingerprint density at radius 2 is 1.62 bits per heavy atom. The summed E-state index contributed by atoms with van der Waals surface area (Å²) in [6.45, 7) is 23.1. The maximum atomic E-state index is 13.5. The van der Waals surface area contributed by atoms with Crippen LogP contribution in [0.5, 0.6) is 0 Å². The molecule has 0 radical (unpaired) electrons. The average Bonchev–Trinajstić information content (AvgIpc) is 3.24. The number of hydrogen-bond acceptors (Lipinski definition) is 9. The normalized spacial score (nSPS) is 26.5. The molecule has 2 aliphatic rings. The molecule has 0 saturated carbocycles. The van der Waals surface area contributed by atoms with E-state index in [-0.39, 0.29) is 27.9 Å². The van der Waals surface area contributed by atoms with E-state index in [1.54, 1.807) is 6.92 Å². The van der Waals surface area contributed by atoms with Gasteiger partial charge in [0.25, 0.3) is 15.7 Å². The molecule has 238 valence electrons. The number of carbonyl (C=O) groups excluding carboxylic acids is 1. The van der Waals surface area contributed by atoms with Crippen LogP contribution in [0.2, 0.25) is 36.3 Å². The first kappa shape index (κ1) is 34.6. The van der Waals surface area contributed by atoms with Crippen LogP contribution in [0, 0.1) is 6.92 Å². The number of nitrogens with one attached hydrogen (secondary N) is 1. The highest BCUT2D eigenvalue weighted by Crippen LogP contribution is 2.52. The highest BCUT2D eigenvalue weighted by atomic mass is 32.2. The number of ether oxygens (including phenoxy) is 1. The van der Waals surface area contributed by atoms with Crippen LogP contribution >= 0.6 is 0 Å². The van der Waals surface area contributed by atoms with Crippen molar-refractivity contribution in [1.29, 1.82) is 0 Å². The zero-order valence-electron chi connectivity index (χ0n) is 27.1. The fourth-order valence-electron chi connectivity index (χ4n) is 4.52. The number of nitrogens with zero attached hydrogens (tertiary/aromatic N) is 2. The van der Waals surface area contributed by atoms with Gasteiger partial charge in [-0.3, -0.25) is 18.7 Å². The summed E-state index contributed by atoms with van der Waals surface area (Å²) in [7, 11) is -8.10. The highest BCUT2D eigenvalue weighted by Gasteiger charge is 2.68. The first-order valence-electron chi connectivity index (χ1n) is 14.0. The van der Waals surface area contributed by atoms with E-state index in [4.69, 9.17) is 17.8 Å². The van der Waals surface area contributed by atoms with Crippen molar-refractivity contribution in [2.45, 2.75) is 116 Å². The number of aryl methyl sites for hydroxylation is 1. The highest BCUT2D eigenvalue weighted by molar-refractivity contribution is 7.90. The summed E-state index contributed by atoms with van der Waals surface area (Å²) in [4.78, 5) is 38.5. The number of aromatic nitrogens is 2. The van der Waals surface area contributed by atoms with Crippen LogP contribution in [-0.4, -0.2) is 64.5 Å². The van der Waals surface area contributed by atoms with E-state index in [0.717, 1.165) is 9.98 Å². The molecule has 1 saturated heterocycles. The van der Waals surface area contributed by atoms with E-state index in [2.05, 4.69) is 26.1 Å². The van der Waals surface area contributed by atoms with E-state index < -0.39 is 67.9 Å². The van der Waals surface area contributed by atoms with Gasteiger partial charge in [-0.1, -0.05) is 41.5 Å². The van der Waals surface area contributed by atoms with E-state index in [1.165, 1.54) is 24.7 Å². The second-order valence-electron chi connectivity index (χ2n) is 14.3. The first-order valence-corrected chi connectivity index (χ1v) is 21.3. The Kier molecular flexibility index (Phi) is 9.00. The summed E-state index contributed by atoms with van der Waals surface area (Å²) in [5.41, 5.74) is -2.82. The molecule has 0 unspecified atom stereocenters. The molecule has 1 spiro atoms. The first-order chi connectivity index (χ1) is 18.8. The van der Waals surface area contributed by atoms with Crippen molar-refractivity contribution < 1.29 is 31.0 Å². The molecular weight excluding hydrogens is 599 g/mol. The van der Waals surface area contributed by atoms with Crippen molar-refractivity contribution in [3.8, 4) is 0 Å². The van der Waals surface area contributed by atoms with Gasteiger partial charge in [-0.2, -0.15) is 8.42 Å². The van der Waals surface area contributed by atoms with Gasteiger partial charge in [0.2, 0.25) is 5.91 Å². The second-order valence-corrected chi connectivity index (χ2v) is 25.3. The molecular formula is C27H47N3O9SSi2. The van der Waals surface area contributed by atoms with Crippen LogP contribution in [0.4, 0.5) is 0 Å². The lowest BCUT2D eigenvalue weighted by Gasteiger charge is -2.44. The van der Waals surface area contributed by atoms with Crippen molar-refractivity contribution in [3.63, 3.8) is 0 Å². The van der Waals surface area contributed by atoms with Gasteiger partial charge in [-0.05, 0) is 43.2 Å². The predicted molar refractivity (Wildman–Crippen MR) is 164 cm³/mol. The quantitative estimate of drug-likeness (QED) is 0.349. The molecule has 1 aromatic heterocycles. The maximum absolute atomic E-state index is 13.5. The monoisotopic (exact) mass is 645 g/mol. The van der Waals surface area contributed by atoms with E-state index in [0.29, 0.717) is 0 Å². The summed E-state index contributed by atoms with van der Waals surface area (Å²) >= 11 is 0. The van der Waals surface area contributed by atoms with Crippen LogP contribution in [0.25, 0.3) is 0 Å². The van der Waals surface area contributed by atoms with Gasteiger partial charge in [-0.25, -0.2) is 8.98 Å². The summed E-state index contributed by atoms with van der Waals surface area (Å²) < 4.78 is 54.4. The topological polar surface area (TPSA) is 144 Å². The van der Waals surface area contributed by atoms with Gasteiger partial charge in [0, 0.05) is 25.7 Å². The van der Waals surface area contributed by atoms with Crippen LogP contribution in [-0.2, 0) is 39.7 Å². The summed E-state index contributed by atoms with van der Waals surface area (Å²) in [6, 6.07) is 0. The molecule has 12 nitrogen and oxygen atoms in total. The molecule has 3 heterocycles. The fourth-order valence-corrected chi connectivity index (χ4v) is 8.06. The van der Waals surface area contributed by atoms with Gasteiger partial charge >= 0.3 is 5.69 Å². The van der Waals surface area contributed by atoms with Crippen molar-refractivity contribution >= 4 is 32.7 Å². The minimum atomic E-state index is -4.32. The predicted octanol–water partition coefficient (Wildman–Crippen LogP) is 3.24. The van der Waals surface area contributed by atoms with Gasteiger partial charge < -0.3 is 18.9 Å². The van der Waals surface area contributed by atoms with Gasteiger partial charge in [0.05, 0.1) is 17.7 Å². The van der Waals surface area contributed by atoms with Crippen LogP contribution in [0.1, 0.15) is 60.3 Å². The Labute approximate surface area is 250 Å². The van der Waals surface area contributed by atoms with Gasteiger partial charge in [0.1, 0.15) is 12.2 Å². The molecule has 1 amide bonds. The summed E-state index contributed by atoms with van der Waals surface area (Å²) in [6.07, 6.45) is -2.19. The van der Waals surface area contributed by atoms with E-state index in [9.17, 15) is 22.8 Å². The maximum Gasteiger partial charge on any atom is 0.332 e. The van der Waals surface area contributed by atoms with Crippen molar-refractivity contribution in [2.75, 3.05) is 6.61 Å². The van der Waals surface area contributed by atoms with Gasteiger partial charge in [0.15, 0.2) is 28.5 Å². The number of hydrogen-bond donors (Lipinski definition) is 1. The standard InChI is InChI=1S/C27H47N3O9SSi2/c1-17-14-30(24(33)29(9)22(17)32)23-21(38-42(12,13)26(6,7)8)27(19(28-18(2)31)16-40(34,35)39-27)20(37-23)15-36-41(10,11)25(3,4)5/h14,16,20-21,23H,15H2,1-13H3,(H,28,31)/t20-,21+,23-,27-/m1/s1. The Bertz CT molecular complexity index is 1500. The molecule has 1 fully saturated rings. The minimum absolute atomic E-state index is 0.0559. The molecule has 0 bridgehead atoms. The third-order valence-corrected chi connectivity index (χ3v) is 19.1. The molecule has 2 aliphatic heterocycles. The zero-order chi connectivity index (χ0) is 32.4. The molecule has 42 heavy (non-hydrogen) atoms. The third-order valence-electron chi connectivity index (χ3n) is 9.10. The second kappa shape index (κ2) is 10.9. The Balaban J connectivity index is 2.36. The molecule has 1 aromatic rings. The SMILES string of the molecule is CC(=O)NC1=CS(=O)(=O)O[C@@]12[C@@H](CO[Si](C)(C)C(C)(C)C)O[C@@H](n1cc(C)c(=O)n(C)c1=O)[C@@H]2O[Si](C)(C)C(C)(C)C. The lowest BCUT2D eigenvalue weighted by atomic mass is 9.89. The Morgan fingerprint density at radius 3 is 2.12 bits per heavy atom. The third kappa shape index (κ3) is 6.19. The van der Waals surface area contributed by atoms with Crippen molar-refractivity contribution in [3.05, 3.63) is 43.7 Å². The van der Waals surface area contributed by atoms with Crippen LogP contribution in [0.3, 0.4) is 0 Å². The molecule has 1 N–H and O–H groups in total. The fraction of sp³-hybridized carbons (Fsp3) is 0.741. The van der Waals surface area contributed by atoms with Crippen molar-refractivity contribution in [2.24, 2.45) is 7.05 Å². The van der Waals surface area contributed by atoms with E-state index >= 15 is 0 Å². The van der Waals surface area contributed by atoms with Crippen LogP contribution in [0.15, 0.2) is 26.9 Å². The smallest absolute Gasteiger partial charge is 0.332 e. The molecule has 0 aliphatic carbocycles. The number of rotatable bonds is 7. The summed E-state index contributed by atoms with van der Waals surface area (Å²) in [5, 5.41) is 3.00. The summed E-state index contributed by atoms with van der Waals surface area (Å²) in [5.74, 6) is -0.518. The average molecular weight is 646 g/mol. The number of amides is 1. The van der Waals surface area contributed by atoms with Crippen molar-refractivity contribution in [1.82, 2.24) is 14.5 Å². The number of carbonyl (C=O) groups is 1. The molecule has 0 aromatic carbocycles. The zero-order valence-corrected chi connectivity index (χ0v) is 29.9. The Hall–Kier alpha value is -1.89.